The molecule has 24 heavy (non-hydrogen) atoms. The van der Waals surface area contributed by atoms with Crippen molar-refractivity contribution in [1.82, 2.24) is 0 Å². The van der Waals surface area contributed by atoms with Gasteiger partial charge in [-0.2, -0.15) is 0 Å². The van der Waals surface area contributed by atoms with Gasteiger partial charge in [0.25, 0.3) is 0 Å². The molecule has 2 rings (SSSR count). The van der Waals surface area contributed by atoms with Crippen LogP contribution in [0.2, 0.25) is 0 Å². The van der Waals surface area contributed by atoms with E-state index in [1.807, 2.05) is 30.3 Å². The molecule has 0 aliphatic rings. The van der Waals surface area contributed by atoms with E-state index in [0.717, 1.165) is 5.56 Å². The fraction of sp³-hybridized carbons (Fsp3) is 0.263. The summed E-state index contributed by atoms with van der Waals surface area (Å²) in [5.41, 5.74) is 1.31. The van der Waals surface area contributed by atoms with Gasteiger partial charge in [-0.3, -0.25) is 9.59 Å². The zero-order valence-electron chi connectivity index (χ0n) is 13.4. The van der Waals surface area contributed by atoms with Gasteiger partial charge >= 0.3 is 5.97 Å². The number of phenols is 1. The molecule has 126 valence electrons. The lowest BCUT2D eigenvalue weighted by molar-refractivity contribution is -0.145. The van der Waals surface area contributed by atoms with Crippen LogP contribution in [-0.4, -0.2) is 24.0 Å². The molecule has 0 unspecified atom stereocenters. The number of esters is 1. The minimum atomic E-state index is -0.541. The third kappa shape index (κ3) is 4.93. The molecular formula is C19H19BrO4. The molecule has 1 atom stereocenters. The Morgan fingerprint density at radius 1 is 1.17 bits per heavy atom. The summed E-state index contributed by atoms with van der Waals surface area (Å²) < 4.78 is 5.53. The lowest BCUT2D eigenvalue weighted by Gasteiger charge is -2.14. The molecule has 0 aliphatic heterocycles. The standard InChI is InChI=1S/C19H19BrO4/c1-24-19(23)14(8-7-13-5-3-2-4-6-13)11-18(22)16-12-15(20)9-10-17(16)21/h2-6,9-10,12,14,21H,7-8,11H2,1H3/t14-/m1/s1. The second kappa shape index (κ2) is 8.64. The van der Waals surface area contributed by atoms with Crippen LogP contribution in [0.25, 0.3) is 0 Å². The number of carbonyl (C=O) groups excluding carboxylic acids is 2. The lowest BCUT2D eigenvalue weighted by Crippen LogP contribution is -2.21. The Labute approximate surface area is 149 Å². The van der Waals surface area contributed by atoms with Crippen LogP contribution in [0.3, 0.4) is 0 Å². The molecule has 0 fully saturated rings. The van der Waals surface area contributed by atoms with Gasteiger partial charge < -0.3 is 9.84 Å². The summed E-state index contributed by atoms with van der Waals surface area (Å²) in [4.78, 5) is 24.5. The van der Waals surface area contributed by atoms with Crippen LogP contribution < -0.4 is 0 Å². The second-order valence-corrected chi connectivity index (χ2v) is 6.45. The van der Waals surface area contributed by atoms with Crippen LogP contribution in [-0.2, 0) is 16.0 Å². The second-order valence-electron chi connectivity index (χ2n) is 5.53. The SMILES string of the molecule is COC(=O)[C@H](CCc1ccccc1)CC(=O)c1cc(Br)ccc1O. The number of hydrogen-bond acceptors (Lipinski definition) is 4. The van der Waals surface area contributed by atoms with Crippen LogP contribution in [0.15, 0.2) is 53.0 Å². The van der Waals surface area contributed by atoms with Crippen molar-refractivity contribution in [2.45, 2.75) is 19.3 Å². The molecule has 2 aromatic carbocycles. The summed E-state index contributed by atoms with van der Waals surface area (Å²) in [6.45, 7) is 0. The fourth-order valence-corrected chi connectivity index (χ4v) is 2.88. The van der Waals surface area contributed by atoms with E-state index in [4.69, 9.17) is 4.74 Å². The van der Waals surface area contributed by atoms with Crippen molar-refractivity contribution < 1.29 is 19.4 Å². The van der Waals surface area contributed by atoms with Gasteiger partial charge in [0.05, 0.1) is 18.6 Å². The highest BCUT2D eigenvalue weighted by atomic mass is 79.9. The number of ether oxygens (including phenoxy) is 1. The summed E-state index contributed by atoms with van der Waals surface area (Å²) >= 11 is 3.28. The zero-order valence-corrected chi connectivity index (χ0v) is 15.0. The van der Waals surface area contributed by atoms with Crippen molar-refractivity contribution in [3.8, 4) is 5.75 Å². The third-order valence-electron chi connectivity index (χ3n) is 3.85. The molecule has 0 saturated heterocycles. The zero-order chi connectivity index (χ0) is 17.5. The Kier molecular flexibility index (Phi) is 6.55. The number of rotatable bonds is 7. The molecule has 0 amide bonds. The van der Waals surface area contributed by atoms with E-state index in [9.17, 15) is 14.7 Å². The van der Waals surface area contributed by atoms with Gasteiger partial charge in [-0.05, 0) is 36.6 Å². The summed E-state index contributed by atoms with van der Waals surface area (Å²) in [7, 11) is 1.32. The smallest absolute Gasteiger partial charge is 0.309 e. The van der Waals surface area contributed by atoms with Crippen molar-refractivity contribution >= 4 is 27.7 Å². The van der Waals surface area contributed by atoms with Crippen LogP contribution >= 0.6 is 15.9 Å². The number of halogens is 1. The molecule has 0 heterocycles. The molecule has 5 heteroatoms. The largest absolute Gasteiger partial charge is 0.507 e. The molecule has 0 aliphatic carbocycles. The van der Waals surface area contributed by atoms with Gasteiger partial charge in [0.2, 0.25) is 0 Å². The van der Waals surface area contributed by atoms with Crippen molar-refractivity contribution in [3.63, 3.8) is 0 Å². The van der Waals surface area contributed by atoms with Gasteiger partial charge in [-0.15, -0.1) is 0 Å². The average Bonchev–Trinajstić information content (AvgIpc) is 2.60. The van der Waals surface area contributed by atoms with E-state index in [2.05, 4.69) is 15.9 Å². The van der Waals surface area contributed by atoms with Crippen molar-refractivity contribution in [2.24, 2.45) is 5.92 Å². The number of aromatic hydroxyl groups is 1. The number of hydrogen-bond donors (Lipinski definition) is 1. The Hall–Kier alpha value is -2.14. The Balaban J connectivity index is 2.09. The van der Waals surface area contributed by atoms with Gasteiger partial charge in [-0.1, -0.05) is 46.3 Å². The number of benzene rings is 2. The maximum absolute atomic E-state index is 12.5. The number of carbonyl (C=O) groups is 2. The van der Waals surface area contributed by atoms with Gasteiger partial charge in [0, 0.05) is 10.9 Å². The highest BCUT2D eigenvalue weighted by Gasteiger charge is 2.24. The van der Waals surface area contributed by atoms with Crippen LogP contribution in [0.4, 0.5) is 0 Å². The van der Waals surface area contributed by atoms with Crippen LogP contribution in [0.1, 0.15) is 28.8 Å². The number of Topliss-reactive ketones (excluding diaryl/α,β-unsaturated/α-hetero) is 1. The topological polar surface area (TPSA) is 63.6 Å². The van der Waals surface area contributed by atoms with Crippen LogP contribution in [0, 0.1) is 5.92 Å². The normalized spacial score (nSPS) is 11.8. The highest BCUT2D eigenvalue weighted by Crippen LogP contribution is 2.26. The van der Waals surface area contributed by atoms with Crippen molar-refractivity contribution in [1.29, 1.82) is 0 Å². The number of ketones is 1. The maximum atomic E-state index is 12.5. The Bertz CT molecular complexity index is 713. The average molecular weight is 391 g/mol. The predicted octanol–water partition coefficient (Wildman–Crippen LogP) is 4.15. The number of phenolic OH excluding ortho intramolecular Hbond substituents is 1. The quantitative estimate of drug-likeness (QED) is 0.569. The first kappa shape index (κ1) is 18.2. The number of aryl methyl sites for hydroxylation is 1. The third-order valence-corrected chi connectivity index (χ3v) is 4.34. The first-order chi connectivity index (χ1) is 11.5. The molecule has 0 radical (unpaired) electrons. The Morgan fingerprint density at radius 3 is 2.54 bits per heavy atom. The summed E-state index contributed by atoms with van der Waals surface area (Å²) in [5, 5.41) is 9.86. The first-order valence-corrected chi connectivity index (χ1v) is 8.44. The van der Waals surface area contributed by atoms with Crippen molar-refractivity contribution in [3.05, 3.63) is 64.1 Å². The molecule has 0 spiro atoms. The van der Waals surface area contributed by atoms with E-state index in [1.54, 1.807) is 12.1 Å². The van der Waals surface area contributed by atoms with E-state index < -0.39 is 11.9 Å². The van der Waals surface area contributed by atoms with E-state index in [0.29, 0.717) is 17.3 Å². The monoisotopic (exact) mass is 390 g/mol. The van der Waals surface area contributed by atoms with Crippen LogP contribution in [0.5, 0.6) is 5.75 Å². The molecular weight excluding hydrogens is 372 g/mol. The predicted molar refractivity (Wildman–Crippen MR) is 95.0 cm³/mol. The molecule has 4 nitrogen and oxygen atoms in total. The van der Waals surface area contributed by atoms with E-state index in [1.165, 1.54) is 13.2 Å². The van der Waals surface area contributed by atoms with Crippen molar-refractivity contribution in [2.75, 3.05) is 7.11 Å². The minimum absolute atomic E-state index is 0.00349. The van der Waals surface area contributed by atoms with E-state index in [-0.39, 0.29) is 23.5 Å². The first-order valence-electron chi connectivity index (χ1n) is 7.64. The van der Waals surface area contributed by atoms with Gasteiger partial charge in [-0.25, -0.2) is 0 Å². The molecule has 0 saturated carbocycles. The maximum Gasteiger partial charge on any atom is 0.309 e. The summed E-state index contributed by atoms with van der Waals surface area (Å²) in [5.74, 6) is -1.32. The van der Waals surface area contributed by atoms with Gasteiger partial charge in [0.15, 0.2) is 5.78 Å². The highest BCUT2D eigenvalue weighted by molar-refractivity contribution is 9.10. The number of methoxy groups -OCH3 is 1. The molecule has 0 aromatic heterocycles. The molecule has 2 aromatic rings. The van der Waals surface area contributed by atoms with E-state index >= 15 is 0 Å². The summed E-state index contributed by atoms with van der Waals surface area (Å²) in [6.07, 6.45) is 1.19. The fourth-order valence-electron chi connectivity index (χ4n) is 2.52. The molecule has 0 bridgehead atoms. The summed E-state index contributed by atoms with van der Waals surface area (Å²) in [6, 6.07) is 14.4. The van der Waals surface area contributed by atoms with Gasteiger partial charge in [0.1, 0.15) is 5.75 Å². The minimum Gasteiger partial charge on any atom is -0.507 e. The Morgan fingerprint density at radius 2 is 1.88 bits per heavy atom. The molecule has 1 N–H and O–H groups in total. The lowest BCUT2D eigenvalue weighted by atomic mass is 9.92.